The van der Waals surface area contributed by atoms with Gasteiger partial charge in [-0.1, -0.05) is 24.3 Å². The summed E-state index contributed by atoms with van der Waals surface area (Å²) in [5, 5.41) is 8.65. The zero-order valence-corrected chi connectivity index (χ0v) is 8.48. The molecule has 0 amide bonds. The molecule has 3 N–H and O–H groups in total. The van der Waals surface area contributed by atoms with E-state index in [-0.39, 0.29) is 6.42 Å². The van der Waals surface area contributed by atoms with E-state index in [1.807, 2.05) is 0 Å². The van der Waals surface area contributed by atoms with Gasteiger partial charge in [0.15, 0.2) is 0 Å². The van der Waals surface area contributed by atoms with E-state index in [2.05, 4.69) is 0 Å². The molecule has 2 unspecified atom stereocenters. The van der Waals surface area contributed by atoms with E-state index in [9.17, 15) is 9.18 Å². The van der Waals surface area contributed by atoms with Crippen LogP contribution >= 0.6 is 0 Å². The molecule has 0 aliphatic rings. The maximum Gasteiger partial charge on any atom is 0.320 e. The van der Waals surface area contributed by atoms with E-state index in [1.54, 1.807) is 24.3 Å². The van der Waals surface area contributed by atoms with Gasteiger partial charge in [0.1, 0.15) is 12.2 Å². The Kier molecular flexibility index (Phi) is 3.80. The number of aliphatic carboxylic acids is 1. The number of rotatable bonds is 4. The van der Waals surface area contributed by atoms with E-state index in [1.165, 1.54) is 6.92 Å². The van der Waals surface area contributed by atoms with Gasteiger partial charge in [-0.2, -0.15) is 0 Å². The van der Waals surface area contributed by atoms with Crippen molar-refractivity contribution in [1.82, 2.24) is 0 Å². The molecule has 4 heteroatoms. The molecule has 1 aromatic carbocycles. The highest BCUT2D eigenvalue weighted by molar-refractivity contribution is 5.73. The van der Waals surface area contributed by atoms with Gasteiger partial charge in [0.2, 0.25) is 0 Å². The predicted octanol–water partition coefficient (Wildman–Crippen LogP) is 1.67. The van der Waals surface area contributed by atoms with Crippen LogP contribution in [0.3, 0.4) is 0 Å². The number of hydrogen-bond donors (Lipinski definition) is 2. The molecule has 15 heavy (non-hydrogen) atoms. The quantitative estimate of drug-likeness (QED) is 0.796. The summed E-state index contributed by atoms with van der Waals surface area (Å²) in [5.41, 5.74) is 6.56. The van der Waals surface area contributed by atoms with Crippen LogP contribution in [-0.2, 0) is 11.2 Å². The molecular formula is C11H14FNO2. The summed E-state index contributed by atoms with van der Waals surface area (Å²) >= 11 is 0. The normalized spacial score (nSPS) is 14.6. The van der Waals surface area contributed by atoms with Crippen LogP contribution in [0.15, 0.2) is 24.3 Å². The Morgan fingerprint density at radius 2 is 2.13 bits per heavy atom. The second-order valence-electron chi connectivity index (χ2n) is 3.46. The first-order valence-electron chi connectivity index (χ1n) is 4.72. The van der Waals surface area contributed by atoms with E-state index < -0.39 is 18.2 Å². The molecule has 3 nitrogen and oxygen atoms in total. The lowest BCUT2D eigenvalue weighted by atomic mass is 9.98. The predicted molar refractivity (Wildman–Crippen MR) is 55.3 cm³/mol. The first-order chi connectivity index (χ1) is 7.02. The molecule has 0 aliphatic heterocycles. The second-order valence-corrected chi connectivity index (χ2v) is 3.46. The molecule has 0 radical (unpaired) electrons. The topological polar surface area (TPSA) is 63.3 Å². The molecule has 0 aromatic heterocycles. The summed E-state index contributed by atoms with van der Waals surface area (Å²) in [4.78, 5) is 10.6. The average Bonchev–Trinajstić information content (AvgIpc) is 2.18. The summed E-state index contributed by atoms with van der Waals surface area (Å²) in [7, 11) is 0. The molecule has 0 fully saturated rings. The number of alkyl halides is 1. The molecule has 2 atom stereocenters. The fourth-order valence-corrected chi connectivity index (χ4v) is 1.43. The third kappa shape index (κ3) is 3.02. The first-order valence-corrected chi connectivity index (χ1v) is 4.72. The lowest BCUT2D eigenvalue weighted by molar-refractivity contribution is -0.138. The summed E-state index contributed by atoms with van der Waals surface area (Å²) in [6, 6.07) is 5.84. The van der Waals surface area contributed by atoms with Crippen LogP contribution in [0.1, 0.15) is 24.2 Å². The van der Waals surface area contributed by atoms with Crippen molar-refractivity contribution in [3.05, 3.63) is 35.4 Å². The lowest BCUT2D eigenvalue weighted by Crippen LogP contribution is -2.32. The van der Waals surface area contributed by atoms with E-state index in [0.717, 1.165) is 0 Å². The molecule has 0 bridgehead atoms. The number of carboxylic acids is 1. The Morgan fingerprint density at radius 1 is 1.53 bits per heavy atom. The summed E-state index contributed by atoms with van der Waals surface area (Å²) < 4.78 is 13.2. The van der Waals surface area contributed by atoms with Crippen LogP contribution in [0.4, 0.5) is 4.39 Å². The van der Waals surface area contributed by atoms with Gasteiger partial charge in [0, 0.05) is 0 Å². The fraction of sp³-hybridized carbons (Fsp3) is 0.364. The molecule has 0 saturated heterocycles. The van der Waals surface area contributed by atoms with Gasteiger partial charge >= 0.3 is 5.97 Å². The van der Waals surface area contributed by atoms with Crippen LogP contribution in [-0.4, -0.2) is 17.1 Å². The zero-order chi connectivity index (χ0) is 11.4. The monoisotopic (exact) mass is 211 g/mol. The molecule has 0 spiro atoms. The van der Waals surface area contributed by atoms with Crippen molar-refractivity contribution < 1.29 is 14.3 Å². The lowest BCUT2D eigenvalue weighted by Gasteiger charge is -2.12. The Balaban J connectivity index is 2.89. The Labute approximate surface area is 87.7 Å². The number of carboxylic acid groups (broad SMARTS) is 1. The van der Waals surface area contributed by atoms with Crippen molar-refractivity contribution in [2.75, 3.05) is 0 Å². The van der Waals surface area contributed by atoms with Crippen molar-refractivity contribution in [1.29, 1.82) is 0 Å². The number of carbonyl (C=O) groups is 1. The number of nitrogens with two attached hydrogens (primary N) is 1. The number of halogens is 1. The van der Waals surface area contributed by atoms with Gasteiger partial charge in [0.05, 0.1) is 0 Å². The van der Waals surface area contributed by atoms with Crippen LogP contribution < -0.4 is 5.73 Å². The minimum atomic E-state index is -1.11. The van der Waals surface area contributed by atoms with Crippen LogP contribution in [0, 0.1) is 0 Å². The summed E-state index contributed by atoms with van der Waals surface area (Å²) in [6.45, 7) is 1.42. The Bertz CT molecular complexity index is 352. The van der Waals surface area contributed by atoms with Crippen molar-refractivity contribution in [3.63, 3.8) is 0 Å². The smallest absolute Gasteiger partial charge is 0.320 e. The van der Waals surface area contributed by atoms with Gasteiger partial charge in [-0.15, -0.1) is 0 Å². The minimum Gasteiger partial charge on any atom is -0.480 e. The third-order valence-electron chi connectivity index (χ3n) is 2.24. The Hall–Kier alpha value is -1.42. The third-order valence-corrected chi connectivity index (χ3v) is 2.24. The molecule has 1 rings (SSSR count). The molecular weight excluding hydrogens is 197 g/mol. The summed E-state index contributed by atoms with van der Waals surface area (Å²) in [5.74, 6) is -1.07. The zero-order valence-electron chi connectivity index (χ0n) is 8.48. The number of hydrogen-bond acceptors (Lipinski definition) is 2. The van der Waals surface area contributed by atoms with Crippen LogP contribution in [0.2, 0.25) is 0 Å². The fourth-order valence-electron chi connectivity index (χ4n) is 1.43. The SMILES string of the molecule is CC(F)c1ccccc1CC(N)C(=O)O. The maximum absolute atomic E-state index is 13.2. The van der Waals surface area contributed by atoms with Gasteiger partial charge in [-0.3, -0.25) is 4.79 Å². The number of benzene rings is 1. The molecule has 1 aromatic rings. The van der Waals surface area contributed by atoms with Gasteiger partial charge in [-0.25, -0.2) is 4.39 Å². The highest BCUT2D eigenvalue weighted by atomic mass is 19.1. The second kappa shape index (κ2) is 4.89. The van der Waals surface area contributed by atoms with Gasteiger partial charge < -0.3 is 10.8 Å². The molecule has 0 aliphatic carbocycles. The molecule has 0 saturated carbocycles. The molecule has 0 heterocycles. The van der Waals surface area contributed by atoms with E-state index >= 15 is 0 Å². The van der Waals surface area contributed by atoms with Crippen molar-refractivity contribution in [3.8, 4) is 0 Å². The first kappa shape index (κ1) is 11.7. The Morgan fingerprint density at radius 3 is 2.67 bits per heavy atom. The van der Waals surface area contributed by atoms with Crippen molar-refractivity contribution in [2.45, 2.75) is 25.6 Å². The van der Waals surface area contributed by atoms with E-state index in [4.69, 9.17) is 10.8 Å². The van der Waals surface area contributed by atoms with Gasteiger partial charge in [-0.05, 0) is 24.5 Å². The highest BCUT2D eigenvalue weighted by Gasteiger charge is 2.16. The van der Waals surface area contributed by atoms with Gasteiger partial charge in [0.25, 0.3) is 0 Å². The average molecular weight is 211 g/mol. The van der Waals surface area contributed by atoms with E-state index in [0.29, 0.717) is 11.1 Å². The highest BCUT2D eigenvalue weighted by Crippen LogP contribution is 2.21. The van der Waals surface area contributed by atoms with Crippen LogP contribution in [0.5, 0.6) is 0 Å². The van der Waals surface area contributed by atoms with Crippen LogP contribution in [0.25, 0.3) is 0 Å². The van der Waals surface area contributed by atoms with Crippen molar-refractivity contribution >= 4 is 5.97 Å². The minimum absolute atomic E-state index is 0.153. The maximum atomic E-state index is 13.2. The molecule has 82 valence electrons. The summed E-state index contributed by atoms with van der Waals surface area (Å²) in [6.07, 6.45) is -0.957. The standard InChI is InChI=1S/C11H14FNO2/c1-7(12)9-5-3-2-4-8(9)6-10(13)11(14)15/h2-5,7,10H,6,13H2,1H3,(H,14,15). The largest absolute Gasteiger partial charge is 0.480 e. The van der Waals surface area contributed by atoms with Crippen molar-refractivity contribution in [2.24, 2.45) is 5.73 Å².